The maximum absolute atomic E-state index is 2.36. The first-order chi connectivity index (χ1) is 3.39. The first kappa shape index (κ1) is 5.40. The first-order valence-electron chi connectivity index (χ1n) is 3.39. The molecule has 0 aliphatic carbocycles. The van der Waals surface area contributed by atoms with Crippen LogP contribution in [0.1, 0.15) is 0 Å². The maximum Gasteiger partial charge on any atom is 0.0914 e. The molecule has 1 saturated heterocycles. The number of hydrogen-bond acceptors (Lipinski definition) is 0. The van der Waals surface area contributed by atoms with Gasteiger partial charge in [-0.05, 0) is 0 Å². The van der Waals surface area contributed by atoms with Crippen LogP contribution >= 0.6 is 0 Å². The zero-order chi connectivity index (χ0) is 5.11. The van der Waals surface area contributed by atoms with Crippen molar-refractivity contribution in [3.63, 3.8) is 0 Å². The van der Waals surface area contributed by atoms with E-state index < -0.39 is 0 Å². The molecule has 0 atom stereocenters. The molecule has 4 heteroatoms. The summed E-state index contributed by atoms with van der Waals surface area (Å²) < 4.78 is 0. The molecule has 0 aromatic carbocycles. The lowest BCUT2D eigenvalue weighted by Crippen LogP contribution is -2.32. The molecule has 1 rings (SSSR count). The molecule has 1 heterocycles. The normalized spacial score (nSPS) is 19.3. The van der Waals surface area contributed by atoms with Crippen molar-refractivity contribution < 1.29 is 0 Å². The van der Waals surface area contributed by atoms with Crippen molar-refractivity contribution in [2.45, 2.75) is 19.5 Å². The summed E-state index contributed by atoms with van der Waals surface area (Å²) in [5, 5.41) is 0. The van der Waals surface area contributed by atoms with Crippen molar-refractivity contribution in [3.8, 4) is 0 Å². The molecule has 34 valence electrons. The van der Waals surface area contributed by atoms with Gasteiger partial charge < -0.3 is 0 Å². The van der Waals surface area contributed by atoms with Gasteiger partial charge in [0.1, 0.15) is 0 Å². The van der Waals surface area contributed by atoms with E-state index in [0.717, 1.165) is 6.60 Å². The van der Waals surface area contributed by atoms with Crippen LogP contribution < -0.4 is 0 Å². The van der Waals surface area contributed by atoms with Gasteiger partial charge in [0, 0.05) is 7.06 Å². The van der Waals surface area contributed by atoms with Crippen LogP contribution in [0.25, 0.3) is 0 Å². The van der Waals surface area contributed by atoms with Gasteiger partial charge in [-0.1, -0.05) is 19.5 Å². The van der Waals surface area contributed by atoms with E-state index in [1.165, 1.54) is 33.9 Å². The molecule has 0 spiro atoms. The number of hydrogen-bond donors (Lipinski definition) is 0. The standard InChI is InChI=1S/C3H10B4/c1-7-3-2-4-5-6-7/h4-6H,2-3H2,1H3. The van der Waals surface area contributed by atoms with Crippen LogP contribution in [0.2, 0.25) is 19.5 Å². The SMILES string of the molecule is CB1BBBCC1. The molecular formula is C3H10B4. The Bertz CT molecular complexity index is 48.9. The lowest BCUT2D eigenvalue weighted by Gasteiger charge is -2.09. The molecular weight excluding hydrogens is 79.3 g/mol. The molecule has 0 amide bonds. The lowest BCUT2D eigenvalue weighted by atomic mass is 8.96. The van der Waals surface area contributed by atoms with E-state index in [0.29, 0.717) is 0 Å². The summed E-state index contributed by atoms with van der Waals surface area (Å²) in [6.45, 7) is 3.40. The van der Waals surface area contributed by atoms with Crippen LogP contribution in [-0.4, -0.2) is 27.9 Å². The van der Waals surface area contributed by atoms with Crippen LogP contribution in [0.5, 0.6) is 0 Å². The Morgan fingerprint density at radius 2 is 2.43 bits per heavy atom. The minimum Gasteiger partial charge on any atom is -0.0931 e. The Hall–Kier alpha value is 0.260. The third kappa shape index (κ3) is 1.66. The topological polar surface area (TPSA) is 0 Å². The predicted octanol–water partition coefficient (Wildman–Crippen LogP) is -0.821. The van der Waals surface area contributed by atoms with Crippen molar-refractivity contribution in [1.82, 2.24) is 0 Å². The summed E-state index contributed by atoms with van der Waals surface area (Å²) in [6, 6.07) is 0. The van der Waals surface area contributed by atoms with Crippen molar-refractivity contribution in [1.29, 1.82) is 0 Å². The molecule has 0 bridgehead atoms. The highest BCUT2D eigenvalue weighted by atomic mass is 13.6. The van der Waals surface area contributed by atoms with E-state index >= 15 is 0 Å². The van der Waals surface area contributed by atoms with E-state index in [2.05, 4.69) is 6.82 Å². The fourth-order valence-corrected chi connectivity index (χ4v) is 1.31. The van der Waals surface area contributed by atoms with E-state index in [1.807, 2.05) is 0 Å². The number of rotatable bonds is 0. The Morgan fingerprint density at radius 3 is 2.71 bits per heavy atom. The average Bonchev–Trinajstić information content (AvgIpc) is 1.69. The van der Waals surface area contributed by atoms with Crippen LogP contribution in [0.15, 0.2) is 0 Å². The van der Waals surface area contributed by atoms with Crippen LogP contribution in [0.3, 0.4) is 0 Å². The van der Waals surface area contributed by atoms with Gasteiger partial charge in [-0.2, -0.15) is 0 Å². The molecule has 1 aliphatic heterocycles. The molecule has 7 heavy (non-hydrogen) atoms. The van der Waals surface area contributed by atoms with Crippen molar-refractivity contribution >= 4 is 27.9 Å². The van der Waals surface area contributed by atoms with Crippen molar-refractivity contribution in [2.75, 3.05) is 0 Å². The average molecular weight is 89.4 g/mol. The highest BCUT2D eigenvalue weighted by Gasteiger charge is 2.12. The zero-order valence-electron chi connectivity index (χ0n) is 5.11. The first-order valence-corrected chi connectivity index (χ1v) is 3.39. The van der Waals surface area contributed by atoms with E-state index in [1.54, 1.807) is 0 Å². The predicted molar refractivity (Wildman–Crippen MR) is 42.7 cm³/mol. The van der Waals surface area contributed by atoms with Gasteiger partial charge in [-0.25, -0.2) is 0 Å². The van der Waals surface area contributed by atoms with Crippen molar-refractivity contribution in [3.05, 3.63) is 0 Å². The summed E-state index contributed by atoms with van der Waals surface area (Å²) in [7, 11) is 4.46. The Balaban J connectivity index is 2.12. The summed E-state index contributed by atoms with van der Waals surface area (Å²) in [5.41, 5.74) is 0. The monoisotopic (exact) mass is 90.1 g/mol. The van der Waals surface area contributed by atoms with Gasteiger partial charge in [0.25, 0.3) is 0 Å². The molecule has 1 aliphatic rings. The highest BCUT2D eigenvalue weighted by molar-refractivity contribution is 7.49. The summed E-state index contributed by atoms with van der Waals surface area (Å²) in [5.74, 6) is 0. The van der Waals surface area contributed by atoms with Gasteiger partial charge in [0.2, 0.25) is 0 Å². The van der Waals surface area contributed by atoms with Gasteiger partial charge >= 0.3 is 0 Å². The Labute approximate surface area is 48.2 Å². The molecule has 1 fully saturated rings. The minimum atomic E-state index is 1.04. The smallest absolute Gasteiger partial charge is 0.0914 e. The Kier molecular flexibility index (Phi) is 1.96. The molecule has 0 unspecified atom stereocenters. The molecule has 0 nitrogen and oxygen atoms in total. The maximum atomic E-state index is 2.36. The van der Waals surface area contributed by atoms with Gasteiger partial charge in [-0.15, -0.1) is 0 Å². The zero-order valence-corrected chi connectivity index (χ0v) is 5.11. The van der Waals surface area contributed by atoms with Gasteiger partial charge in [-0.3, -0.25) is 0 Å². The fraction of sp³-hybridized carbons (Fsp3) is 1.00. The minimum absolute atomic E-state index is 1.04. The molecule has 0 saturated carbocycles. The van der Waals surface area contributed by atoms with Crippen molar-refractivity contribution in [2.24, 2.45) is 0 Å². The summed E-state index contributed by atoms with van der Waals surface area (Å²) >= 11 is 0. The molecule has 0 N–H and O–H groups in total. The van der Waals surface area contributed by atoms with Crippen LogP contribution in [-0.2, 0) is 0 Å². The van der Waals surface area contributed by atoms with Gasteiger partial charge in [0.15, 0.2) is 0 Å². The fourth-order valence-electron chi connectivity index (χ4n) is 1.31. The third-order valence-electron chi connectivity index (χ3n) is 1.89. The quantitative estimate of drug-likeness (QED) is 0.340. The van der Waals surface area contributed by atoms with Gasteiger partial charge in [0.05, 0.1) is 20.8 Å². The van der Waals surface area contributed by atoms with E-state index in [9.17, 15) is 0 Å². The van der Waals surface area contributed by atoms with Crippen LogP contribution in [0.4, 0.5) is 0 Å². The third-order valence-corrected chi connectivity index (χ3v) is 1.89. The Morgan fingerprint density at radius 1 is 1.57 bits per heavy atom. The molecule has 0 radical (unpaired) electrons. The second-order valence-corrected chi connectivity index (χ2v) is 2.74. The summed E-state index contributed by atoms with van der Waals surface area (Å²) in [6.07, 6.45) is 2.97. The second-order valence-electron chi connectivity index (χ2n) is 2.74. The largest absolute Gasteiger partial charge is 0.0931 e. The van der Waals surface area contributed by atoms with Crippen LogP contribution in [0, 0.1) is 0 Å². The van der Waals surface area contributed by atoms with E-state index in [4.69, 9.17) is 0 Å². The van der Waals surface area contributed by atoms with E-state index in [-0.39, 0.29) is 0 Å². The highest BCUT2D eigenvalue weighted by Crippen LogP contribution is 1.99. The lowest BCUT2D eigenvalue weighted by molar-refractivity contribution is 1.42. The second kappa shape index (κ2) is 2.54. The summed E-state index contributed by atoms with van der Waals surface area (Å²) in [4.78, 5) is 0. The molecule has 0 aromatic heterocycles. The molecule has 0 aromatic rings.